The molecule has 98 valence electrons. The summed E-state index contributed by atoms with van der Waals surface area (Å²) in [4.78, 5) is 4.58. The van der Waals surface area contributed by atoms with Crippen molar-refractivity contribution in [1.29, 1.82) is 0 Å². The minimum Gasteiger partial charge on any atom is -0.482 e. The zero-order valence-corrected chi connectivity index (χ0v) is 11.6. The molecule has 0 saturated heterocycles. The van der Waals surface area contributed by atoms with Gasteiger partial charge in [0.05, 0.1) is 5.52 Å². The first-order valence-electron chi connectivity index (χ1n) is 6.83. The lowest BCUT2D eigenvalue weighted by molar-refractivity contribution is 0.105. The van der Waals surface area contributed by atoms with E-state index >= 15 is 0 Å². The zero-order chi connectivity index (χ0) is 13.7. The third-order valence-corrected chi connectivity index (χ3v) is 3.95. The van der Waals surface area contributed by atoms with Crippen LogP contribution in [0.3, 0.4) is 0 Å². The highest BCUT2D eigenvalue weighted by Gasteiger charge is 2.33. The molecule has 0 unspecified atom stereocenters. The van der Waals surface area contributed by atoms with Crippen LogP contribution in [-0.2, 0) is 5.60 Å². The number of aromatic nitrogens is 1. The molecule has 20 heavy (non-hydrogen) atoms. The van der Waals surface area contributed by atoms with E-state index in [1.807, 2.05) is 24.4 Å². The van der Waals surface area contributed by atoms with Crippen LogP contribution < -0.4 is 4.74 Å². The van der Waals surface area contributed by atoms with E-state index in [0.29, 0.717) is 0 Å². The molecule has 0 aliphatic carbocycles. The molecule has 1 aromatic heterocycles. The van der Waals surface area contributed by atoms with Crippen molar-refractivity contribution < 1.29 is 4.74 Å². The summed E-state index contributed by atoms with van der Waals surface area (Å²) >= 11 is 0. The van der Waals surface area contributed by atoms with E-state index < -0.39 is 0 Å². The minimum atomic E-state index is -0.360. The summed E-state index contributed by atoms with van der Waals surface area (Å²) in [7, 11) is 0. The fourth-order valence-corrected chi connectivity index (χ4v) is 2.98. The van der Waals surface area contributed by atoms with Crippen molar-refractivity contribution in [2.45, 2.75) is 19.4 Å². The maximum atomic E-state index is 6.15. The Labute approximate surface area is 118 Å². The topological polar surface area (TPSA) is 22.1 Å². The lowest BCUT2D eigenvalue weighted by Crippen LogP contribution is -2.29. The van der Waals surface area contributed by atoms with Crippen LogP contribution in [-0.4, -0.2) is 4.98 Å². The highest BCUT2D eigenvalue weighted by Crippen LogP contribution is 2.47. The summed E-state index contributed by atoms with van der Waals surface area (Å²) in [5.74, 6) is 0.946. The maximum absolute atomic E-state index is 6.15. The largest absolute Gasteiger partial charge is 0.482 e. The molecule has 0 saturated carbocycles. The van der Waals surface area contributed by atoms with Gasteiger partial charge in [0.1, 0.15) is 11.4 Å². The second-order valence-corrected chi connectivity index (χ2v) is 5.67. The Morgan fingerprint density at radius 3 is 2.60 bits per heavy atom. The first-order valence-corrected chi connectivity index (χ1v) is 6.83. The van der Waals surface area contributed by atoms with Gasteiger partial charge in [-0.1, -0.05) is 36.4 Å². The van der Waals surface area contributed by atoms with E-state index in [1.165, 1.54) is 10.9 Å². The number of nitrogens with zero attached hydrogens (tertiary/aromatic N) is 1. The molecule has 2 heteroatoms. The lowest BCUT2D eigenvalue weighted by atomic mass is 9.85. The standard InChI is InChI=1S/C18H15NO/c1-18(2)14-11-19-15-9-5-3-7-12(15)17(14)13-8-4-6-10-16(13)20-18/h3-11H,1-2H3. The van der Waals surface area contributed by atoms with E-state index in [0.717, 1.165) is 22.4 Å². The van der Waals surface area contributed by atoms with Crippen LogP contribution in [0.1, 0.15) is 19.4 Å². The molecular weight excluding hydrogens is 246 g/mol. The number of benzene rings is 2. The summed E-state index contributed by atoms with van der Waals surface area (Å²) in [6, 6.07) is 16.5. The summed E-state index contributed by atoms with van der Waals surface area (Å²) in [6.45, 7) is 4.19. The maximum Gasteiger partial charge on any atom is 0.131 e. The predicted octanol–water partition coefficient (Wildman–Crippen LogP) is 4.53. The average molecular weight is 261 g/mol. The van der Waals surface area contributed by atoms with Gasteiger partial charge in [0.2, 0.25) is 0 Å². The SMILES string of the molecule is CC1(C)Oc2ccccc2-c2c1cnc1ccccc21. The monoisotopic (exact) mass is 261 g/mol. The zero-order valence-electron chi connectivity index (χ0n) is 11.6. The van der Waals surface area contributed by atoms with Gasteiger partial charge in [0, 0.05) is 28.3 Å². The number of para-hydroxylation sites is 2. The molecule has 0 fully saturated rings. The van der Waals surface area contributed by atoms with E-state index in [4.69, 9.17) is 4.74 Å². The van der Waals surface area contributed by atoms with Gasteiger partial charge < -0.3 is 4.74 Å². The van der Waals surface area contributed by atoms with Gasteiger partial charge in [-0.3, -0.25) is 4.98 Å². The van der Waals surface area contributed by atoms with Gasteiger partial charge in [-0.05, 0) is 26.0 Å². The van der Waals surface area contributed by atoms with Crippen LogP contribution in [0.15, 0.2) is 54.7 Å². The van der Waals surface area contributed by atoms with Crippen LogP contribution in [0.5, 0.6) is 5.75 Å². The Hall–Kier alpha value is -2.35. The van der Waals surface area contributed by atoms with Crippen molar-refractivity contribution in [3.05, 3.63) is 60.3 Å². The van der Waals surface area contributed by atoms with Gasteiger partial charge in [0.25, 0.3) is 0 Å². The molecule has 0 bridgehead atoms. The van der Waals surface area contributed by atoms with Crippen LogP contribution in [0, 0.1) is 0 Å². The first-order chi connectivity index (χ1) is 9.67. The molecule has 3 aromatic rings. The lowest BCUT2D eigenvalue weighted by Gasteiger charge is -2.35. The van der Waals surface area contributed by atoms with E-state index in [1.54, 1.807) is 0 Å². The van der Waals surface area contributed by atoms with Crippen molar-refractivity contribution in [3.8, 4) is 16.9 Å². The molecule has 0 atom stereocenters. The second kappa shape index (κ2) is 3.83. The summed E-state index contributed by atoms with van der Waals surface area (Å²) < 4.78 is 6.15. The second-order valence-electron chi connectivity index (χ2n) is 5.67. The van der Waals surface area contributed by atoms with E-state index in [-0.39, 0.29) is 5.60 Å². The normalized spacial score (nSPS) is 15.3. The highest BCUT2D eigenvalue weighted by atomic mass is 16.5. The quantitative estimate of drug-likeness (QED) is 0.593. The molecule has 2 aromatic carbocycles. The average Bonchev–Trinajstić information content (AvgIpc) is 2.46. The molecule has 1 aliphatic heterocycles. The van der Waals surface area contributed by atoms with Crippen molar-refractivity contribution in [1.82, 2.24) is 4.98 Å². The van der Waals surface area contributed by atoms with Gasteiger partial charge in [0.15, 0.2) is 0 Å². The fraction of sp³-hybridized carbons (Fsp3) is 0.167. The minimum absolute atomic E-state index is 0.360. The summed E-state index contributed by atoms with van der Waals surface area (Å²) in [6.07, 6.45) is 1.95. The number of hydrogen-bond donors (Lipinski definition) is 0. The number of hydrogen-bond acceptors (Lipinski definition) is 2. The Morgan fingerprint density at radius 1 is 0.950 bits per heavy atom. The molecular formula is C18H15NO. The molecule has 4 rings (SSSR count). The number of pyridine rings is 1. The van der Waals surface area contributed by atoms with Gasteiger partial charge in [-0.25, -0.2) is 0 Å². The molecule has 2 nitrogen and oxygen atoms in total. The van der Waals surface area contributed by atoms with Crippen LogP contribution in [0.4, 0.5) is 0 Å². The highest BCUT2D eigenvalue weighted by molar-refractivity contribution is 5.98. The van der Waals surface area contributed by atoms with E-state index in [2.05, 4.69) is 49.2 Å². The number of fused-ring (bicyclic) bond motifs is 5. The van der Waals surface area contributed by atoms with Crippen molar-refractivity contribution >= 4 is 10.9 Å². The molecule has 0 N–H and O–H groups in total. The fourth-order valence-electron chi connectivity index (χ4n) is 2.98. The van der Waals surface area contributed by atoms with Crippen LogP contribution in [0.2, 0.25) is 0 Å². The molecule has 0 radical (unpaired) electrons. The Bertz CT molecular complexity index is 821. The third-order valence-electron chi connectivity index (χ3n) is 3.95. The molecule has 2 heterocycles. The van der Waals surface area contributed by atoms with Crippen molar-refractivity contribution in [3.63, 3.8) is 0 Å². The van der Waals surface area contributed by atoms with Gasteiger partial charge in [-0.15, -0.1) is 0 Å². The Balaban J connectivity index is 2.19. The number of rotatable bonds is 0. The number of ether oxygens (including phenoxy) is 1. The predicted molar refractivity (Wildman–Crippen MR) is 80.8 cm³/mol. The van der Waals surface area contributed by atoms with Crippen molar-refractivity contribution in [2.75, 3.05) is 0 Å². The van der Waals surface area contributed by atoms with Gasteiger partial charge in [-0.2, -0.15) is 0 Å². The molecule has 0 amide bonds. The Morgan fingerprint density at radius 2 is 1.70 bits per heavy atom. The van der Waals surface area contributed by atoms with Gasteiger partial charge >= 0.3 is 0 Å². The third kappa shape index (κ3) is 1.48. The van der Waals surface area contributed by atoms with Crippen LogP contribution in [0.25, 0.3) is 22.0 Å². The van der Waals surface area contributed by atoms with Crippen molar-refractivity contribution in [2.24, 2.45) is 0 Å². The Kier molecular flexibility index (Phi) is 2.19. The van der Waals surface area contributed by atoms with Crippen LogP contribution >= 0.6 is 0 Å². The smallest absolute Gasteiger partial charge is 0.131 e. The summed E-state index contributed by atoms with van der Waals surface area (Å²) in [5, 5.41) is 1.19. The molecule has 1 aliphatic rings. The first kappa shape index (κ1) is 11.5. The summed E-state index contributed by atoms with van der Waals surface area (Å²) in [5.41, 5.74) is 4.22. The van der Waals surface area contributed by atoms with E-state index in [9.17, 15) is 0 Å². The molecule has 0 spiro atoms.